The predicted octanol–water partition coefficient (Wildman–Crippen LogP) is 4.01. The largest absolute Gasteiger partial charge is 0.432 e. The van der Waals surface area contributed by atoms with E-state index in [0.29, 0.717) is 0 Å². The number of aldehydes is 1. The van der Waals surface area contributed by atoms with Gasteiger partial charge in [0.25, 0.3) is 0 Å². The zero-order valence-electron chi connectivity index (χ0n) is 8.30. The van der Waals surface area contributed by atoms with Crippen molar-refractivity contribution in [2.75, 3.05) is 0 Å². The molecule has 0 fully saturated rings. The van der Waals surface area contributed by atoms with Crippen LogP contribution in [0.3, 0.4) is 0 Å². The van der Waals surface area contributed by atoms with E-state index < -0.39 is 40.3 Å². The number of carbonyl (C=O) groups excluding carboxylic acids is 1. The maximum Gasteiger partial charge on any atom is 0.387 e. The van der Waals surface area contributed by atoms with Crippen molar-refractivity contribution in [3.63, 3.8) is 0 Å². The molecule has 0 atom stereocenters. The van der Waals surface area contributed by atoms with Crippen LogP contribution in [0.5, 0.6) is 11.5 Å². The number of ether oxygens (including phenoxy) is 2. The number of benzene rings is 1. The summed E-state index contributed by atoms with van der Waals surface area (Å²) in [5, 5.41) is -0.854. The highest BCUT2D eigenvalue weighted by Crippen LogP contribution is 2.41. The van der Waals surface area contributed by atoms with Gasteiger partial charge in [-0.2, -0.15) is 17.6 Å². The highest BCUT2D eigenvalue weighted by atomic mass is 35.5. The van der Waals surface area contributed by atoms with Gasteiger partial charge in [-0.05, 0) is 6.07 Å². The molecule has 0 radical (unpaired) electrons. The van der Waals surface area contributed by atoms with Crippen LogP contribution in [-0.4, -0.2) is 19.5 Å². The molecule has 100 valence electrons. The van der Waals surface area contributed by atoms with Crippen LogP contribution in [0, 0.1) is 0 Å². The van der Waals surface area contributed by atoms with Gasteiger partial charge in [-0.25, -0.2) is 0 Å². The van der Waals surface area contributed by atoms with Crippen LogP contribution in [-0.2, 0) is 0 Å². The molecule has 1 aromatic rings. The van der Waals surface area contributed by atoms with Gasteiger partial charge in [0, 0.05) is 0 Å². The minimum atomic E-state index is -3.29. The molecule has 0 aliphatic carbocycles. The summed E-state index contributed by atoms with van der Waals surface area (Å²) in [5.74, 6) is -1.55. The fourth-order valence-electron chi connectivity index (χ4n) is 1.13. The molecule has 0 saturated heterocycles. The van der Waals surface area contributed by atoms with Gasteiger partial charge in [0.1, 0.15) is 5.56 Å². The lowest BCUT2D eigenvalue weighted by molar-refractivity contribution is -0.0546. The fraction of sp³-hybridized carbons (Fsp3) is 0.222. The van der Waals surface area contributed by atoms with Crippen molar-refractivity contribution < 1.29 is 31.8 Å². The van der Waals surface area contributed by atoms with Crippen LogP contribution in [0.2, 0.25) is 10.0 Å². The SMILES string of the molecule is O=Cc1c(OC(F)F)c(Cl)cc(Cl)c1OC(F)F. The minimum absolute atomic E-state index is 0.0206. The molecular formula is C9H4Cl2F4O3. The molecule has 0 N–H and O–H groups in total. The Morgan fingerprint density at radius 3 is 1.67 bits per heavy atom. The van der Waals surface area contributed by atoms with Crippen molar-refractivity contribution >= 4 is 29.5 Å². The maximum atomic E-state index is 12.1. The molecule has 1 aromatic carbocycles. The average molecular weight is 307 g/mol. The second-order valence-electron chi connectivity index (χ2n) is 2.79. The number of alkyl halides is 4. The lowest BCUT2D eigenvalue weighted by Gasteiger charge is -2.14. The summed E-state index contributed by atoms with van der Waals surface area (Å²) >= 11 is 11.0. The first kappa shape index (κ1) is 14.8. The van der Waals surface area contributed by atoms with E-state index in [4.69, 9.17) is 23.2 Å². The van der Waals surface area contributed by atoms with E-state index in [1.165, 1.54) is 0 Å². The normalized spacial score (nSPS) is 10.9. The molecule has 0 bridgehead atoms. The third-order valence-corrected chi connectivity index (χ3v) is 2.27. The molecule has 0 spiro atoms. The van der Waals surface area contributed by atoms with E-state index in [1.54, 1.807) is 0 Å². The van der Waals surface area contributed by atoms with E-state index in [2.05, 4.69) is 9.47 Å². The molecule has 0 aliphatic heterocycles. The van der Waals surface area contributed by atoms with Gasteiger partial charge in [0.05, 0.1) is 10.0 Å². The van der Waals surface area contributed by atoms with Gasteiger partial charge in [0.15, 0.2) is 17.8 Å². The number of halogens is 6. The van der Waals surface area contributed by atoms with Gasteiger partial charge in [-0.3, -0.25) is 4.79 Å². The number of carbonyl (C=O) groups is 1. The molecule has 3 nitrogen and oxygen atoms in total. The van der Waals surface area contributed by atoms with Gasteiger partial charge in [-0.15, -0.1) is 0 Å². The van der Waals surface area contributed by atoms with E-state index in [9.17, 15) is 22.4 Å². The molecule has 1 rings (SSSR count). The first-order valence-electron chi connectivity index (χ1n) is 4.23. The van der Waals surface area contributed by atoms with Gasteiger partial charge in [0.2, 0.25) is 0 Å². The first-order chi connectivity index (χ1) is 8.36. The molecule has 0 unspecified atom stereocenters. The summed E-state index contributed by atoms with van der Waals surface area (Å²) in [4.78, 5) is 10.7. The van der Waals surface area contributed by atoms with E-state index >= 15 is 0 Å². The monoisotopic (exact) mass is 306 g/mol. The second-order valence-corrected chi connectivity index (χ2v) is 3.60. The topological polar surface area (TPSA) is 35.5 Å². The van der Waals surface area contributed by atoms with Crippen LogP contribution in [0.1, 0.15) is 10.4 Å². The van der Waals surface area contributed by atoms with Crippen LogP contribution in [0.25, 0.3) is 0 Å². The summed E-state index contributed by atoms with van der Waals surface area (Å²) < 4.78 is 56.3. The van der Waals surface area contributed by atoms with E-state index in [-0.39, 0.29) is 6.29 Å². The third kappa shape index (κ3) is 3.39. The van der Waals surface area contributed by atoms with Gasteiger partial charge >= 0.3 is 13.2 Å². The highest BCUT2D eigenvalue weighted by Gasteiger charge is 2.23. The standard InChI is InChI=1S/C9H4Cl2F4O3/c10-4-1-5(11)7(18-9(14)15)3(2-16)6(4)17-8(12)13/h1-2,8-9H. The van der Waals surface area contributed by atoms with Crippen molar-refractivity contribution in [1.29, 1.82) is 0 Å². The fourth-order valence-corrected chi connectivity index (χ4v) is 1.69. The molecule has 18 heavy (non-hydrogen) atoms. The summed E-state index contributed by atoms with van der Waals surface area (Å²) in [5.41, 5.74) is -0.715. The Labute approximate surface area is 108 Å². The Morgan fingerprint density at radius 2 is 1.39 bits per heavy atom. The average Bonchev–Trinajstić information content (AvgIpc) is 2.24. The van der Waals surface area contributed by atoms with Gasteiger partial charge in [-0.1, -0.05) is 23.2 Å². The van der Waals surface area contributed by atoms with Crippen LogP contribution >= 0.6 is 23.2 Å². The quantitative estimate of drug-likeness (QED) is 0.609. The Hall–Kier alpha value is -1.21. The predicted molar refractivity (Wildman–Crippen MR) is 55.1 cm³/mol. The minimum Gasteiger partial charge on any atom is -0.432 e. The summed E-state index contributed by atoms with van der Waals surface area (Å²) in [6, 6.07) is 0.853. The van der Waals surface area contributed by atoms with Crippen molar-refractivity contribution in [2.45, 2.75) is 13.2 Å². The maximum absolute atomic E-state index is 12.1. The number of hydrogen-bond acceptors (Lipinski definition) is 3. The van der Waals surface area contributed by atoms with E-state index in [0.717, 1.165) is 6.07 Å². The Balaban J connectivity index is 3.37. The summed E-state index contributed by atoms with van der Waals surface area (Å²) in [6.07, 6.45) is -0.0206. The zero-order chi connectivity index (χ0) is 13.9. The van der Waals surface area contributed by atoms with Crippen molar-refractivity contribution in [1.82, 2.24) is 0 Å². The van der Waals surface area contributed by atoms with Crippen LogP contribution in [0.4, 0.5) is 17.6 Å². The highest BCUT2D eigenvalue weighted by molar-refractivity contribution is 6.37. The lowest BCUT2D eigenvalue weighted by atomic mass is 10.2. The molecule has 0 aromatic heterocycles. The molecule has 9 heteroatoms. The number of hydrogen-bond donors (Lipinski definition) is 0. The smallest absolute Gasteiger partial charge is 0.387 e. The molecular weight excluding hydrogens is 303 g/mol. The zero-order valence-corrected chi connectivity index (χ0v) is 9.81. The first-order valence-corrected chi connectivity index (χ1v) is 4.99. The molecule has 0 saturated carbocycles. The van der Waals surface area contributed by atoms with Crippen LogP contribution in [0.15, 0.2) is 6.07 Å². The van der Waals surface area contributed by atoms with Crippen molar-refractivity contribution in [2.24, 2.45) is 0 Å². The summed E-state index contributed by atoms with van der Waals surface area (Å²) in [6.45, 7) is -6.58. The van der Waals surface area contributed by atoms with Crippen molar-refractivity contribution in [3.8, 4) is 11.5 Å². The van der Waals surface area contributed by atoms with E-state index in [1.807, 2.05) is 0 Å². The third-order valence-electron chi connectivity index (χ3n) is 1.71. The second kappa shape index (κ2) is 6.10. The lowest BCUT2D eigenvalue weighted by Crippen LogP contribution is -2.09. The number of rotatable bonds is 5. The molecule has 0 aliphatic rings. The van der Waals surface area contributed by atoms with Gasteiger partial charge < -0.3 is 9.47 Å². The van der Waals surface area contributed by atoms with Crippen LogP contribution < -0.4 is 9.47 Å². The Kier molecular flexibility index (Phi) is 5.03. The molecule has 0 heterocycles. The Bertz CT molecular complexity index is 420. The summed E-state index contributed by atoms with van der Waals surface area (Å²) in [7, 11) is 0. The molecule has 0 amide bonds. The van der Waals surface area contributed by atoms with Crippen molar-refractivity contribution in [3.05, 3.63) is 21.7 Å². The Morgan fingerprint density at radius 1 is 1.00 bits per heavy atom.